The standard InChI is InChI=1S/C13H19NO3S/c1-9-7-17-12(6-15)5-14(9)13(16)10(2)11-3-4-18-8-11/h3-4,8-10,12,15H,5-7H2,1-2H3. The lowest BCUT2D eigenvalue weighted by atomic mass is 10.0. The van der Waals surface area contributed by atoms with Gasteiger partial charge in [-0.3, -0.25) is 4.79 Å². The second kappa shape index (κ2) is 5.82. The second-order valence-corrected chi connectivity index (χ2v) is 5.54. The molecule has 18 heavy (non-hydrogen) atoms. The number of carbonyl (C=O) groups is 1. The number of rotatable bonds is 3. The normalized spacial score (nSPS) is 26.1. The van der Waals surface area contributed by atoms with E-state index in [4.69, 9.17) is 9.84 Å². The molecule has 100 valence electrons. The summed E-state index contributed by atoms with van der Waals surface area (Å²) in [5.74, 6) is -0.0150. The lowest BCUT2D eigenvalue weighted by Crippen LogP contribution is -2.53. The second-order valence-electron chi connectivity index (χ2n) is 4.76. The van der Waals surface area contributed by atoms with Crippen LogP contribution in [0, 0.1) is 0 Å². The molecule has 5 heteroatoms. The number of hydrogen-bond donors (Lipinski definition) is 1. The van der Waals surface area contributed by atoms with Gasteiger partial charge in [0.15, 0.2) is 0 Å². The van der Waals surface area contributed by atoms with Crippen molar-refractivity contribution in [3.63, 3.8) is 0 Å². The van der Waals surface area contributed by atoms with Crippen LogP contribution in [0.1, 0.15) is 25.3 Å². The average Bonchev–Trinajstić information content (AvgIpc) is 2.91. The molecule has 3 atom stereocenters. The third-order valence-electron chi connectivity index (χ3n) is 3.41. The number of thiophene rings is 1. The Morgan fingerprint density at radius 1 is 1.72 bits per heavy atom. The zero-order valence-corrected chi connectivity index (χ0v) is 11.5. The van der Waals surface area contributed by atoms with Crippen LogP contribution in [0.15, 0.2) is 16.8 Å². The van der Waals surface area contributed by atoms with Crippen molar-refractivity contribution >= 4 is 17.2 Å². The quantitative estimate of drug-likeness (QED) is 0.904. The van der Waals surface area contributed by atoms with Crippen LogP contribution in [0.3, 0.4) is 0 Å². The van der Waals surface area contributed by atoms with E-state index >= 15 is 0 Å². The molecule has 0 aromatic carbocycles. The molecule has 0 saturated carbocycles. The molecule has 1 aromatic heterocycles. The third kappa shape index (κ3) is 2.74. The Labute approximate surface area is 111 Å². The van der Waals surface area contributed by atoms with Gasteiger partial charge < -0.3 is 14.7 Å². The highest BCUT2D eigenvalue weighted by Crippen LogP contribution is 2.23. The first-order valence-electron chi connectivity index (χ1n) is 6.18. The van der Waals surface area contributed by atoms with Crippen molar-refractivity contribution in [1.29, 1.82) is 0 Å². The van der Waals surface area contributed by atoms with E-state index in [2.05, 4.69) is 0 Å². The fourth-order valence-corrected chi connectivity index (χ4v) is 2.90. The van der Waals surface area contributed by atoms with Crippen molar-refractivity contribution in [3.8, 4) is 0 Å². The molecular weight excluding hydrogens is 250 g/mol. The first kappa shape index (κ1) is 13.5. The van der Waals surface area contributed by atoms with E-state index < -0.39 is 0 Å². The number of amides is 1. The van der Waals surface area contributed by atoms with Gasteiger partial charge in [-0.05, 0) is 36.2 Å². The molecule has 1 saturated heterocycles. The number of hydrogen-bond acceptors (Lipinski definition) is 4. The topological polar surface area (TPSA) is 49.8 Å². The Bertz CT molecular complexity index is 393. The number of aliphatic hydroxyl groups is 1. The lowest BCUT2D eigenvalue weighted by Gasteiger charge is -2.38. The average molecular weight is 269 g/mol. The van der Waals surface area contributed by atoms with Crippen LogP contribution < -0.4 is 0 Å². The lowest BCUT2D eigenvalue weighted by molar-refractivity contribution is -0.147. The van der Waals surface area contributed by atoms with Crippen molar-refractivity contribution < 1.29 is 14.6 Å². The van der Waals surface area contributed by atoms with Crippen LogP contribution in [-0.2, 0) is 9.53 Å². The largest absolute Gasteiger partial charge is 0.394 e. The fourth-order valence-electron chi connectivity index (χ4n) is 2.15. The molecule has 3 unspecified atom stereocenters. The molecular formula is C13H19NO3S. The molecule has 1 amide bonds. The Kier molecular flexibility index (Phi) is 4.37. The predicted octanol–water partition coefficient (Wildman–Crippen LogP) is 1.46. The summed E-state index contributed by atoms with van der Waals surface area (Å²) in [6, 6.07) is 2.06. The molecule has 1 N–H and O–H groups in total. The first-order chi connectivity index (χ1) is 8.63. The van der Waals surface area contributed by atoms with Gasteiger partial charge in [-0.15, -0.1) is 0 Å². The Balaban J connectivity index is 2.07. The van der Waals surface area contributed by atoms with E-state index in [1.807, 2.05) is 35.6 Å². The van der Waals surface area contributed by atoms with Crippen LogP contribution in [0.2, 0.25) is 0 Å². The minimum Gasteiger partial charge on any atom is -0.394 e. The fraction of sp³-hybridized carbons (Fsp3) is 0.615. The summed E-state index contributed by atoms with van der Waals surface area (Å²) in [4.78, 5) is 14.3. The van der Waals surface area contributed by atoms with Crippen LogP contribution in [0.4, 0.5) is 0 Å². The highest BCUT2D eigenvalue weighted by Gasteiger charge is 2.32. The maximum atomic E-state index is 12.5. The minimum atomic E-state index is -0.250. The summed E-state index contributed by atoms with van der Waals surface area (Å²) in [7, 11) is 0. The van der Waals surface area contributed by atoms with Gasteiger partial charge in [-0.2, -0.15) is 11.3 Å². The van der Waals surface area contributed by atoms with Gasteiger partial charge in [0, 0.05) is 6.54 Å². The van der Waals surface area contributed by atoms with Crippen molar-refractivity contribution in [2.24, 2.45) is 0 Å². The molecule has 1 fully saturated rings. The highest BCUT2D eigenvalue weighted by atomic mass is 32.1. The van der Waals surface area contributed by atoms with Crippen molar-refractivity contribution in [2.75, 3.05) is 19.8 Å². The van der Waals surface area contributed by atoms with Crippen LogP contribution in [0.5, 0.6) is 0 Å². The van der Waals surface area contributed by atoms with Gasteiger partial charge in [-0.1, -0.05) is 0 Å². The molecule has 2 heterocycles. The van der Waals surface area contributed by atoms with Crippen molar-refractivity contribution in [1.82, 2.24) is 4.90 Å². The Hall–Kier alpha value is -0.910. The molecule has 1 aliphatic rings. The molecule has 2 rings (SSSR count). The molecule has 1 aromatic rings. The summed E-state index contributed by atoms with van der Waals surface area (Å²) < 4.78 is 5.45. The summed E-state index contributed by atoms with van der Waals surface area (Å²) in [6.07, 6.45) is -0.250. The molecule has 0 spiro atoms. The molecule has 0 bridgehead atoms. The first-order valence-corrected chi connectivity index (χ1v) is 7.12. The van der Waals surface area contributed by atoms with Gasteiger partial charge in [-0.25, -0.2) is 0 Å². The number of nitrogens with zero attached hydrogens (tertiary/aromatic N) is 1. The van der Waals surface area contributed by atoms with E-state index in [0.717, 1.165) is 5.56 Å². The van der Waals surface area contributed by atoms with Gasteiger partial charge >= 0.3 is 0 Å². The maximum absolute atomic E-state index is 12.5. The number of ether oxygens (including phenoxy) is 1. The monoisotopic (exact) mass is 269 g/mol. The van der Waals surface area contributed by atoms with Crippen LogP contribution in [0.25, 0.3) is 0 Å². The molecule has 0 radical (unpaired) electrons. The number of aliphatic hydroxyl groups excluding tert-OH is 1. The zero-order valence-electron chi connectivity index (χ0n) is 10.7. The number of carbonyl (C=O) groups excluding carboxylic acids is 1. The summed E-state index contributed by atoms with van der Waals surface area (Å²) in [5.41, 5.74) is 1.06. The summed E-state index contributed by atoms with van der Waals surface area (Å²) in [5, 5.41) is 13.1. The number of morpholine rings is 1. The smallest absolute Gasteiger partial charge is 0.230 e. The van der Waals surface area contributed by atoms with E-state index in [9.17, 15) is 4.79 Å². The Morgan fingerprint density at radius 2 is 2.50 bits per heavy atom. The van der Waals surface area contributed by atoms with Crippen LogP contribution >= 0.6 is 11.3 Å². The SMILES string of the molecule is CC(C(=O)N1CC(CO)OCC1C)c1ccsc1. The van der Waals surface area contributed by atoms with Gasteiger partial charge in [0.2, 0.25) is 5.91 Å². The third-order valence-corrected chi connectivity index (χ3v) is 4.11. The van der Waals surface area contributed by atoms with E-state index in [0.29, 0.717) is 13.2 Å². The Morgan fingerprint density at radius 3 is 3.11 bits per heavy atom. The summed E-state index contributed by atoms with van der Waals surface area (Å²) in [6.45, 7) is 4.84. The zero-order chi connectivity index (χ0) is 13.1. The predicted molar refractivity (Wildman–Crippen MR) is 70.7 cm³/mol. The molecule has 0 aliphatic carbocycles. The van der Waals surface area contributed by atoms with E-state index in [1.165, 1.54) is 0 Å². The van der Waals surface area contributed by atoms with E-state index in [-0.39, 0.29) is 30.6 Å². The van der Waals surface area contributed by atoms with Crippen molar-refractivity contribution in [3.05, 3.63) is 22.4 Å². The molecule has 4 nitrogen and oxygen atoms in total. The maximum Gasteiger partial charge on any atom is 0.230 e. The van der Waals surface area contributed by atoms with Crippen LogP contribution in [-0.4, -0.2) is 47.8 Å². The van der Waals surface area contributed by atoms with Crippen molar-refractivity contribution in [2.45, 2.75) is 31.9 Å². The van der Waals surface area contributed by atoms with Gasteiger partial charge in [0.05, 0.1) is 31.3 Å². The minimum absolute atomic E-state index is 0.0384. The molecule has 1 aliphatic heterocycles. The van der Waals surface area contributed by atoms with E-state index in [1.54, 1.807) is 11.3 Å². The van der Waals surface area contributed by atoms with Gasteiger partial charge in [0.25, 0.3) is 0 Å². The summed E-state index contributed by atoms with van der Waals surface area (Å²) >= 11 is 1.60. The highest BCUT2D eigenvalue weighted by molar-refractivity contribution is 7.08. The van der Waals surface area contributed by atoms with Gasteiger partial charge in [0.1, 0.15) is 0 Å².